The van der Waals surface area contributed by atoms with Crippen LogP contribution in [-0.4, -0.2) is 76.1 Å². The normalized spacial score (nSPS) is 14.5. The lowest BCUT2D eigenvalue weighted by Crippen LogP contribution is -2.56. The fraction of sp³-hybridized carbons (Fsp3) is 0.269. The number of phenolic OH excluding ortho intramolecular Hbond substituents is 1. The number of Topliss-reactive ketones (excluding diaryl/α,β-unsaturated/α-hetero) is 1. The number of rotatable bonds is 7. The van der Waals surface area contributed by atoms with Crippen LogP contribution in [0.25, 0.3) is 5.69 Å². The van der Waals surface area contributed by atoms with E-state index in [2.05, 4.69) is 10.2 Å². The van der Waals surface area contributed by atoms with Crippen LogP contribution in [0.1, 0.15) is 27.6 Å². The summed E-state index contributed by atoms with van der Waals surface area (Å²) in [5.74, 6) is -1.23. The van der Waals surface area contributed by atoms with Gasteiger partial charge in [-0.15, -0.1) is 0 Å². The molecular weight excluding hydrogens is 448 g/mol. The van der Waals surface area contributed by atoms with Crippen molar-refractivity contribution in [3.63, 3.8) is 0 Å². The van der Waals surface area contributed by atoms with Crippen LogP contribution in [0.4, 0.5) is 5.69 Å². The van der Waals surface area contributed by atoms with Crippen molar-refractivity contribution >= 4 is 23.3 Å². The average Bonchev–Trinajstić information content (AvgIpc) is 3.42. The summed E-state index contributed by atoms with van der Waals surface area (Å²) in [6.45, 7) is 2.97. The zero-order chi connectivity index (χ0) is 24.9. The predicted molar refractivity (Wildman–Crippen MR) is 131 cm³/mol. The minimum atomic E-state index is -1.13. The Bertz CT molecular complexity index is 1200. The third kappa shape index (κ3) is 5.36. The first-order chi connectivity index (χ1) is 16.9. The van der Waals surface area contributed by atoms with Gasteiger partial charge in [0.05, 0.1) is 12.2 Å². The first-order valence-corrected chi connectivity index (χ1v) is 11.4. The van der Waals surface area contributed by atoms with Crippen molar-refractivity contribution in [2.24, 2.45) is 0 Å². The second kappa shape index (κ2) is 10.4. The average molecular weight is 477 g/mol. The predicted octanol–water partition coefficient (Wildman–Crippen LogP) is 1.82. The van der Waals surface area contributed by atoms with Crippen LogP contribution < -0.4 is 10.2 Å². The molecular formula is C26H28N4O5. The number of aliphatic hydroxyl groups excluding tert-OH is 1. The van der Waals surface area contributed by atoms with Crippen molar-refractivity contribution < 1.29 is 24.6 Å². The molecule has 1 fully saturated rings. The minimum absolute atomic E-state index is 0.00817. The van der Waals surface area contributed by atoms with Gasteiger partial charge in [-0.1, -0.05) is 0 Å². The molecule has 4 rings (SSSR count). The first-order valence-electron chi connectivity index (χ1n) is 11.4. The summed E-state index contributed by atoms with van der Waals surface area (Å²) in [5, 5.41) is 22.6. The van der Waals surface area contributed by atoms with Crippen molar-refractivity contribution in [1.29, 1.82) is 0 Å². The molecule has 9 heteroatoms. The fourth-order valence-electron chi connectivity index (χ4n) is 4.11. The lowest BCUT2D eigenvalue weighted by molar-refractivity contribution is -0.134. The number of anilines is 1. The largest absolute Gasteiger partial charge is 0.507 e. The molecule has 0 spiro atoms. The molecule has 0 aliphatic carbocycles. The molecule has 0 radical (unpaired) electrons. The Labute approximate surface area is 203 Å². The quantitative estimate of drug-likeness (QED) is 0.448. The van der Waals surface area contributed by atoms with Gasteiger partial charge in [-0.05, 0) is 61.5 Å². The van der Waals surface area contributed by atoms with E-state index in [1.807, 2.05) is 36.7 Å². The van der Waals surface area contributed by atoms with E-state index in [1.165, 1.54) is 19.1 Å². The van der Waals surface area contributed by atoms with E-state index in [4.69, 9.17) is 0 Å². The molecule has 1 atom stereocenters. The molecule has 9 nitrogen and oxygen atoms in total. The highest BCUT2D eigenvalue weighted by molar-refractivity contribution is 6.00. The van der Waals surface area contributed by atoms with Crippen molar-refractivity contribution in [3.05, 3.63) is 78.1 Å². The number of hydrogen-bond donors (Lipinski definition) is 3. The molecule has 3 N–H and O–H groups in total. The fourth-order valence-corrected chi connectivity index (χ4v) is 4.11. The van der Waals surface area contributed by atoms with Crippen molar-refractivity contribution in [2.45, 2.75) is 13.0 Å². The smallest absolute Gasteiger partial charge is 0.255 e. The zero-order valence-corrected chi connectivity index (χ0v) is 19.4. The number of benzene rings is 2. The maximum atomic E-state index is 13.0. The summed E-state index contributed by atoms with van der Waals surface area (Å²) in [4.78, 5) is 41.1. The summed E-state index contributed by atoms with van der Waals surface area (Å²) in [7, 11) is 0. The minimum Gasteiger partial charge on any atom is -0.507 e. The number of ketones is 1. The van der Waals surface area contributed by atoms with Gasteiger partial charge in [-0.2, -0.15) is 0 Å². The van der Waals surface area contributed by atoms with Crippen molar-refractivity contribution in [2.75, 3.05) is 37.7 Å². The standard InChI is InChI=1S/C26H28N4O5/c1-18(32)19-4-6-20(7-5-19)29-12-14-30(15-13-29)26(35)23(17-31)27-25(34)22-16-21(8-9-24(22)33)28-10-2-3-11-28/h2-11,16,23,31,33H,12-15,17H2,1H3,(H,27,34). The molecule has 1 unspecified atom stereocenters. The SMILES string of the molecule is CC(=O)c1ccc(N2CCN(C(=O)C(CO)NC(=O)c3cc(-n4cccc4)ccc3O)CC2)cc1. The molecule has 3 aromatic rings. The second-order valence-corrected chi connectivity index (χ2v) is 8.42. The number of hydrogen-bond acceptors (Lipinski definition) is 6. The van der Waals surface area contributed by atoms with Crippen LogP contribution in [0.2, 0.25) is 0 Å². The lowest BCUT2D eigenvalue weighted by atomic mass is 10.1. The Kier molecular flexibility index (Phi) is 7.17. The Morgan fingerprint density at radius 2 is 1.57 bits per heavy atom. The number of amides is 2. The second-order valence-electron chi connectivity index (χ2n) is 8.42. The Morgan fingerprint density at radius 1 is 0.943 bits per heavy atom. The van der Waals surface area contributed by atoms with Crippen molar-refractivity contribution in [3.8, 4) is 11.4 Å². The van der Waals surface area contributed by atoms with E-state index >= 15 is 0 Å². The van der Waals surface area contributed by atoms with Crippen LogP contribution in [-0.2, 0) is 4.79 Å². The lowest BCUT2D eigenvalue weighted by Gasteiger charge is -2.37. The summed E-state index contributed by atoms with van der Waals surface area (Å²) >= 11 is 0. The van der Waals surface area contributed by atoms with Gasteiger partial charge in [0.25, 0.3) is 5.91 Å². The van der Waals surface area contributed by atoms with Crippen LogP contribution in [0.5, 0.6) is 5.75 Å². The van der Waals surface area contributed by atoms with Crippen LogP contribution >= 0.6 is 0 Å². The maximum Gasteiger partial charge on any atom is 0.255 e. The van der Waals surface area contributed by atoms with Crippen molar-refractivity contribution in [1.82, 2.24) is 14.8 Å². The number of carbonyl (C=O) groups is 3. The molecule has 0 saturated carbocycles. The Hall–Kier alpha value is -4.11. The topological polar surface area (TPSA) is 115 Å². The van der Waals surface area contributed by atoms with Crippen LogP contribution in [0, 0.1) is 0 Å². The summed E-state index contributed by atoms with van der Waals surface area (Å²) in [5.41, 5.74) is 2.31. The van der Waals surface area contributed by atoms with E-state index in [9.17, 15) is 24.6 Å². The van der Waals surface area contributed by atoms with Gasteiger partial charge in [0, 0.05) is 55.5 Å². The summed E-state index contributed by atoms with van der Waals surface area (Å²) < 4.78 is 1.79. The third-order valence-corrected chi connectivity index (χ3v) is 6.14. The number of aromatic hydroxyl groups is 1. The number of nitrogens with one attached hydrogen (secondary N) is 1. The third-order valence-electron chi connectivity index (χ3n) is 6.14. The van der Waals surface area contributed by atoms with Gasteiger partial charge in [0.1, 0.15) is 11.8 Å². The highest BCUT2D eigenvalue weighted by Gasteiger charge is 2.29. The molecule has 2 aromatic carbocycles. The number of piperazine rings is 1. The first kappa shape index (κ1) is 24.0. The Morgan fingerprint density at radius 3 is 2.17 bits per heavy atom. The molecule has 2 heterocycles. The molecule has 1 aliphatic rings. The molecule has 2 amide bonds. The monoisotopic (exact) mass is 476 g/mol. The molecule has 35 heavy (non-hydrogen) atoms. The van der Waals surface area contributed by atoms with Gasteiger partial charge < -0.3 is 29.9 Å². The summed E-state index contributed by atoms with van der Waals surface area (Å²) in [6, 6.07) is 14.5. The van der Waals surface area contributed by atoms with Gasteiger partial charge in [-0.25, -0.2) is 0 Å². The molecule has 0 bridgehead atoms. The van der Waals surface area contributed by atoms with Crippen LogP contribution in [0.15, 0.2) is 67.0 Å². The highest BCUT2D eigenvalue weighted by atomic mass is 16.3. The molecule has 1 aliphatic heterocycles. The molecule has 1 saturated heterocycles. The van der Waals surface area contributed by atoms with Gasteiger partial charge in [0.15, 0.2) is 5.78 Å². The van der Waals surface area contributed by atoms with Gasteiger partial charge in [-0.3, -0.25) is 14.4 Å². The molecule has 182 valence electrons. The van der Waals surface area contributed by atoms with E-state index in [0.717, 1.165) is 5.69 Å². The number of aliphatic hydroxyl groups is 1. The highest BCUT2D eigenvalue weighted by Crippen LogP contribution is 2.22. The summed E-state index contributed by atoms with van der Waals surface area (Å²) in [6.07, 6.45) is 3.62. The maximum absolute atomic E-state index is 13.0. The molecule has 1 aromatic heterocycles. The zero-order valence-electron chi connectivity index (χ0n) is 19.4. The number of phenols is 1. The van der Waals surface area contributed by atoms with Crippen LogP contribution in [0.3, 0.4) is 0 Å². The van der Waals surface area contributed by atoms with E-state index in [0.29, 0.717) is 37.4 Å². The number of carbonyl (C=O) groups excluding carboxylic acids is 3. The number of nitrogens with zero attached hydrogens (tertiary/aromatic N) is 3. The van der Waals surface area contributed by atoms with E-state index in [1.54, 1.807) is 27.7 Å². The van der Waals surface area contributed by atoms with E-state index in [-0.39, 0.29) is 23.0 Å². The van der Waals surface area contributed by atoms with E-state index < -0.39 is 18.6 Å². The van der Waals surface area contributed by atoms with Gasteiger partial charge >= 0.3 is 0 Å². The Balaban J connectivity index is 1.38. The van der Waals surface area contributed by atoms with Gasteiger partial charge in [0.2, 0.25) is 5.91 Å². The number of aromatic nitrogens is 1.